The Labute approximate surface area is 206 Å². The first-order chi connectivity index (χ1) is 17.0. The number of benzene rings is 2. The average Bonchev–Trinajstić information content (AvgIpc) is 3.13. The SMILES string of the molecule is CC(=O)Oc1ccc([C@@H]2c3cc(OC(C)=O)c(OC(C)=O)cc3C[C@H]3C(=O)OC[C@H]23)cc1OC(C)=O. The van der Waals surface area contributed by atoms with Crippen LogP contribution < -0.4 is 18.9 Å². The van der Waals surface area contributed by atoms with E-state index < -0.39 is 35.7 Å². The van der Waals surface area contributed by atoms with E-state index >= 15 is 0 Å². The van der Waals surface area contributed by atoms with E-state index in [9.17, 15) is 24.0 Å². The molecule has 0 spiro atoms. The second-order valence-corrected chi connectivity index (χ2v) is 8.66. The third-order valence-electron chi connectivity index (χ3n) is 5.99. The Morgan fingerprint density at radius 3 is 1.86 bits per heavy atom. The number of hydrogen-bond acceptors (Lipinski definition) is 10. The van der Waals surface area contributed by atoms with Gasteiger partial charge in [0.1, 0.15) is 0 Å². The fourth-order valence-electron chi connectivity index (χ4n) is 4.78. The summed E-state index contributed by atoms with van der Waals surface area (Å²) in [4.78, 5) is 59.2. The highest BCUT2D eigenvalue weighted by Crippen LogP contribution is 2.50. The Kier molecular flexibility index (Phi) is 6.78. The summed E-state index contributed by atoms with van der Waals surface area (Å²) in [7, 11) is 0. The molecule has 36 heavy (non-hydrogen) atoms. The summed E-state index contributed by atoms with van der Waals surface area (Å²) in [5, 5.41) is 0. The van der Waals surface area contributed by atoms with E-state index in [0.29, 0.717) is 17.5 Å². The minimum Gasteiger partial charge on any atom is -0.465 e. The summed E-state index contributed by atoms with van der Waals surface area (Å²) in [6.07, 6.45) is 0.340. The van der Waals surface area contributed by atoms with Crippen LogP contribution in [0.3, 0.4) is 0 Å². The lowest BCUT2D eigenvalue weighted by Gasteiger charge is -2.34. The van der Waals surface area contributed by atoms with Crippen molar-refractivity contribution in [3.8, 4) is 23.0 Å². The lowest BCUT2D eigenvalue weighted by molar-refractivity contribution is -0.141. The van der Waals surface area contributed by atoms with Gasteiger partial charge in [0.25, 0.3) is 0 Å². The summed E-state index contributed by atoms with van der Waals surface area (Å²) < 4.78 is 26.4. The Hall–Kier alpha value is -4.21. The van der Waals surface area contributed by atoms with Crippen molar-refractivity contribution in [1.29, 1.82) is 0 Å². The third kappa shape index (κ3) is 5.07. The van der Waals surface area contributed by atoms with Gasteiger partial charge in [0.15, 0.2) is 23.0 Å². The number of carbonyl (C=O) groups is 5. The van der Waals surface area contributed by atoms with Gasteiger partial charge in [0.2, 0.25) is 0 Å². The molecule has 1 saturated heterocycles. The van der Waals surface area contributed by atoms with E-state index in [2.05, 4.69) is 0 Å². The minimum atomic E-state index is -0.606. The predicted molar refractivity (Wildman–Crippen MR) is 122 cm³/mol. The summed E-state index contributed by atoms with van der Waals surface area (Å²) in [5.41, 5.74) is 2.10. The zero-order valence-electron chi connectivity index (χ0n) is 20.1. The Morgan fingerprint density at radius 2 is 1.28 bits per heavy atom. The van der Waals surface area contributed by atoms with Crippen molar-refractivity contribution in [2.45, 2.75) is 40.0 Å². The average molecular weight is 496 g/mol. The molecule has 2 aromatic carbocycles. The quantitative estimate of drug-likeness (QED) is 0.450. The van der Waals surface area contributed by atoms with Crippen molar-refractivity contribution in [1.82, 2.24) is 0 Å². The van der Waals surface area contributed by atoms with Crippen LogP contribution >= 0.6 is 0 Å². The molecule has 0 N–H and O–H groups in total. The highest BCUT2D eigenvalue weighted by atomic mass is 16.6. The smallest absolute Gasteiger partial charge is 0.309 e. The Morgan fingerprint density at radius 1 is 0.750 bits per heavy atom. The van der Waals surface area contributed by atoms with Crippen LogP contribution in [0.2, 0.25) is 0 Å². The summed E-state index contributed by atoms with van der Waals surface area (Å²) in [5.74, 6) is -3.67. The number of fused-ring (bicyclic) bond motifs is 2. The number of hydrogen-bond donors (Lipinski definition) is 0. The van der Waals surface area contributed by atoms with Crippen LogP contribution in [0.1, 0.15) is 50.3 Å². The first-order valence-electron chi connectivity index (χ1n) is 11.2. The van der Waals surface area contributed by atoms with Crippen LogP contribution in [0.5, 0.6) is 23.0 Å². The highest BCUT2D eigenvalue weighted by molar-refractivity contribution is 5.78. The standard InChI is InChI=1S/C26H24O10/c1-12(27)33-21-6-5-16(8-22(21)34-13(2)28)25-18-10-24(36-15(4)30)23(35-14(3)29)9-17(18)7-19-20(25)11-32-26(19)31/h5-6,8-10,19-20,25H,7,11H2,1-4H3/t19-,20+,25-/m1/s1. The van der Waals surface area contributed by atoms with E-state index in [1.165, 1.54) is 33.8 Å². The van der Waals surface area contributed by atoms with Gasteiger partial charge in [0, 0.05) is 39.5 Å². The van der Waals surface area contributed by atoms with Crippen LogP contribution in [0, 0.1) is 11.8 Å². The molecule has 1 aliphatic carbocycles. The molecule has 4 rings (SSSR count). The van der Waals surface area contributed by atoms with Crippen molar-refractivity contribution in [3.63, 3.8) is 0 Å². The van der Waals surface area contributed by atoms with Crippen molar-refractivity contribution in [3.05, 3.63) is 47.0 Å². The Bertz CT molecular complexity index is 1280. The maximum Gasteiger partial charge on any atom is 0.309 e. The van der Waals surface area contributed by atoms with E-state index in [-0.39, 0.29) is 41.5 Å². The highest BCUT2D eigenvalue weighted by Gasteiger charge is 2.47. The lowest BCUT2D eigenvalue weighted by atomic mass is 9.67. The van der Waals surface area contributed by atoms with E-state index in [4.69, 9.17) is 23.7 Å². The molecule has 1 heterocycles. The molecular formula is C26H24O10. The van der Waals surface area contributed by atoms with Gasteiger partial charge in [-0.05, 0) is 47.4 Å². The van der Waals surface area contributed by atoms with Crippen LogP contribution in [0.25, 0.3) is 0 Å². The minimum absolute atomic E-state index is 0.0425. The van der Waals surface area contributed by atoms with Crippen molar-refractivity contribution < 1.29 is 47.7 Å². The predicted octanol–water partition coefficient (Wildman–Crippen LogP) is 2.87. The maximum absolute atomic E-state index is 12.6. The van der Waals surface area contributed by atoms with Gasteiger partial charge >= 0.3 is 29.8 Å². The monoisotopic (exact) mass is 496 g/mol. The number of carbonyl (C=O) groups excluding carboxylic acids is 5. The summed E-state index contributed by atoms with van der Waals surface area (Å²) >= 11 is 0. The zero-order valence-corrected chi connectivity index (χ0v) is 20.1. The van der Waals surface area contributed by atoms with Gasteiger partial charge in [-0.25, -0.2) is 0 Å². The van der Waals surface area contributed by atoms with Gasteiger partial charge in [-0.15, -0.1) is 0 Å². The molecule has 0 amide bonds. The first-order valence-corrected chi connectivity index (χ1v) is 11.2. The van der Waals surface area contributed by atoms with Gasteiger partial charge in [-0.1, -0.05) is 6.07 Å². The van der Waals surface area contributed by atoms with Gasteiger partial charge in [-0.3, -0.25) is 24.0 Å². The van der Waals surface area contributed by atoms with E-state index in [1.54, 1.807) is 24.3 Å². The van der Waals surface area contributed by atoms with Crippen LogP contribution in [0.4, 0.5) is 0 Å². The number of rotatable bonds is 5. The zero-order chi connectivity index (χ0) is 26.1. The van der Waals surface area contributed by atoms with Gasteiger partial charge in [-0.2, -0.15) is 0 Å². The molecule has 0 aromatic heterocycles. The number of ether oxygens (including phenoxy) is 5. The number of esters is 5. The van der Waals surface area contributed by atoms with Crippen LogP contribution in [-0.2, 0) is 35.1 Å². The molecule has 10 heteroatoms. The fourth-order valence-corrected chi connectivity index (χ4v) is 4.78. The molecule has 0 unspecified atom stereocenters. The van der Waals surface area contributed by atoms with Gasteiger partial charge in [0.05, 0.1) is 12.5 Å². The van der Waals surface area contributed by atoms with Crippen molar-refractivity contribution in [2.24, 2.45) is 11.8 Å². The molecule has 10 nitrogen and oxygen atoms in total. The van der Waals surface area contributed by atoms with Crippen molar-refractivity contribution >= 4 is 29.8 Å². The fraction of sp³-hybridized carbons (Fsp3) is 0.346. The normalized spacial score (nSPS) is 19.9. The maximum atomic E-state index is 12.6. The Balaban J connectivity index is 1.89. The van der Waals surface area contributed by atoms with Crippen molar-refractivity contribution in [2.75, 3.05) is 6.61 Å². The van der Waals surface area contributed by atoms with Crippen LogP contribution in [-0.4, -0.2) is 36.5 Å². The first kappa shape index (κ1) is 24.9. The number of cyclic esters (lactones) is 1. The van der Waals surface area contributed by atoms with Gasteiger partial charge < -0.3 is 23.7 Å². The molecule has 1 aliphatic heterocycles. The topological polar surface area (TPSA) is 132 Å². The second kappa shape index (κ2) is 9.80. The van der Waals surface area contributed by atoms with E-state index in [0.717, 1.165) is 5.56 Å². The molecule has 0 saturated carbocycles. The molecular weight excluding hydrogens is 472 g/mol. The second-order valence-electron chi connectivity index (χ2n) is 8.66. The summed E-state index contributed by atoms with van der Waals surface area (Å²) in [6.45, 7) is 5.07. The van der Waals surface area contributed by atoms with Crippen LogP contribution in [0.15, 0.2) is 30.3 Å². The molecule has 2 aromatic rings. The molecule has 0 radical (unpaired) electrons. The molecule has 3 atom stereocenters. The summed E-state index contributed by atoms with van der Waals surface area (Å²) in [6, 6.07) is 7.99. The molecule has 2 aliphatic rings. The molecule has 1 fully saturated rings. The molecule has 188 valence electrons. The lowest BCUT2D eigenvalue weighted by Crippen LogP contribution is -2.31. The third-order valence-corrected chi connectivity index (χ3v) is 5.99. The largest absolute Gasteiger partial charge is 0.465 e. The van der Waals surface area contributed by atoms with E-state index in [1.807, 2.05) is 0 Å². The molecule has 0 bridgehead atoms.